The summed E-state index contributed by atoms with van der Waals surface area (Å²) in [6, 6.07) is 0. The zero-order valence-corrected chi connectivity index (χ0v) is 9.31. The van der Waals surface area contributed by atoms with Crippen molar-refractivity contribution in [2.75, 3.05) is 26.7 Å². The first-order chi connectivity index (χ1) is 6.87. The van der Waals surface area contributed by atoms with Crippen LogP contribution in [-0.2, 0) is 4.74 Å². The summed E-state index contributed by atoms with van der Waals surface area (Å²) in [5, 5.41) is 0.259. The highest BCUT2D eigenvalue weighted by Gasteiger charge is 2.30. The Balaban J connectivity index is 2.01. The predicted octanol–water partition coefficient (Wildman–Crippen LogP) is 2.47. The van der Waals surface area contributed by atoms with Crippen molar-refractivity contribution in [2.24, 2.45) is 5.92 Å². The molecule has 1 saturated carbocycles. The van der Waals surface area contributed by atoms with E-state index in [0.29, 0.717) is 12.5 Å². The molecule has 0 radical (unpaired) electrons. The largest absolute Gasteiger partial charge is 0.522 e. The highest BCUT2D eigenvalue weighted by Crippen LogP contribution is 2.32. The fourth-order valence-corrected chi connectivity index (χ4v) is 2.16. The van der Waals surface area contributed by atoms with Crippen LogP contribution in [0.4, 0.5) is 13.2 Å². The number of nitrogens with zero attached hydrogens (tertiary/aromatic N) is 1. The molecule has 0 amide bonds. The Morgan fingerprint density at radius 3 is 2.47 bits per heavy atom. The monoisotopic (exact) mass is 245 g/mol. The lowest BCUT2D eigenvalue weighted by Gasteiger charge is -2.34. The molecule has 1 fully saturated rings. The summed E-state index contributed by atoms with van der Waals surface area (Å²) in [7, 11) is 1.79. The third-order valence-corrected chi connectivity index (χ3v) is 2.84. The van der Waals surface area contributed by atoms with Gasteiger partial charge in [-0.3, -0.25) is 4.74 Å². The first-order valence-electron chi connectivity index (χ1n) is 4.90. The topological polar surface area (TPSA) is 12.5 Å². The lowest BCUT2D eigenvalue weighted by atomic mass is 9.84. The van der Waals surface area contributed by atoms with Crippen molar-refractivity contribution in [2.45, 2.75) is 24.6 Å². The maximum absolute atomic E-state index is 11.6. The number of likely N-dealkylation sites (N-methyl/N-ethyl adjacent to an activating group) is 1. The Kier molecular flexibility index (Phi) is 4.67. The van der Waals surface area contributed by atoms with E-state index in [2.05, 4.69) is 4.74 Å². The van der Waals surface area contributed by atoms with Crippen LogP contribution >= 0.6 is 11.6 Å². The van der Waals surface area contributed by atoms with Gasteiger partial charge in [0.1, 0.15) is 0 Å². The molecule has 0 unspecified atom stereocenters. The molecule has 90 valence electrons. The molecular formula is C9H15ClF3NO. The van der Waals surface area contributed by atoms with Gasteiger partial charge in [-0.15, -0.1) is 24.8 Å². The smallest absolute Gasteiger partial charge is 0.304 e. The third kappa shape index (κ3) is 5.58. The van der Waals surface area contributed by atoms with Gasteiger partial charge in [-0.1, -0.05) is 0 Å². The second-order valence-corrected chi connectivity index (χ2v) is 4.61. The van der Waals surface area contributed by atoms with Crippen LogP contribution in [-0.4, -0.2) is 43.4 Å². The summed E-state index contributed by atoms with van der Waals surface area (Å²) < 4.78 is 38.6. The van der Waals surface area contributed by atoms with Gasteiger partial charge >= 0.3 is 6.36 Å². The fraction of sp³-hybridized carbons (Fsp3) is 1.00. The average molecular weight is 246 g/mol. The average Bonchev–Trinajstić information content (AvgIpc) is 1.98. The number of hydrogen-bond acceptors (Lipinski definition) is 2. The molecule has 0 aromatic rings. The summed E-state index contributed by atoms with van der Waals surface area (Å²) >= 11 is 5.80. The molecule has 0 spiro atoms. The van der Waals surface area contributed by atoms with E-state index in [-0.39, 0.29) is 12.0 Å². The quantitative estimate of drug-likeness (QED) is 0.690. The van der Waals surface area contributed by atoms with Gasteiger partial charge in [0, 0.05) is 18.5 Å². The van der Waals surface area contributed by atoms with Crippen LogP contribution in [0.1, 0.15) is 12.8 Å². The van der Waals surface area contributed by atoms with Crippen LogP contribution in [0.2, 0.25) is 0 Å². The molecule has 2 nitrogen and oxygen atoms in total. The number of ether oxygens (including phenoxy) is 1. The third-order valence-electron chi connectivity index (χ3n) is 2.49. The van der Waals surface area contributed by atoms with E-state index in [4.69, 9.17) is 11.6 Å². The van der Waals surface area contributed by atoms with Crippen LogP contribution < -0.4 is 0 Å². The zero-order valence-electron chi connectivity index (χ0n) is 8.56. The summed E-state index contributed by atoms with van der Waals surface area (Å²) in [5.41, 5.74) is 0. The minimum atomic E-state index is -4.52. The first kappa shape index (κ1) is 13.1. The van der Waals surface area contributed by atoms with E-state index in [9.17, 15) is 13.2 Å². The maximum atomic E-state index is 11.6. The van der Waals surface area contributed by atoms with Crippen molar-refractivity contribution in [3.63, 3.8) is 0 Å². The van der Waals surface area contributed by atoms with Crippen molar-refractivity contribution >= 4 is 11.6 Å². The van der Waals surface area contributed by atoms with E-state index in [1.165, 1.54) is 0 Å². The normalized spacial score (nSPS) is 26.8. The molecule has 0 heterocycles. The van der Waals surface area contributed by atoms with Gasteiger partial charge in [-0.25, -0.2) is 0 Å². The maximum Gasteiger partial charge on any atom is 0.522 e. The van der Waals surface area contributed by atoms with Crippen molar-refractivity contribution < 1.29 is 17.9 Å². The lowest BCUT2D eigenvalue weighted by Crippen LogP contribution is -2.36. The van der Waals surface area contributed by atoms with E-state index in [0.717, 1.165) is 19.4 Å². The fourth-order valence-electron chi connectivity index (χ4n) is 1.65. The van der Waals surface area contributed by atoms with E-state index < -0.39 is 6.36 Å². The Hall–Kier alpha value is -0.0000000000000000555. The van der Waals surface area contributed by atoms with Gasteiger partial charge in [0.25, 0.3) is 0 Å². The number of alkyl halides is 4. The highest BCUT2D eigenvalue weighted by atomic mass is 35.5. The Bertz CT molecular complexity index is 194. The minimum Gasteiger partial charge on any atom is -0.304 e. The van der Waals surface area contributed by atoms with Crippen LogP contribution in [0.15, 0.2) is 0 Å². The Labute approximate surface area is 92.3 Å². The molecule has 0 atom stereocenters. The Morgan fingerprint density at radius 1 is 1.40 bits per heavy atom. The SMILES string of the molecule is CN(CCOC(F)(F)F)CC1CC(Cl)C1. The van der Waals surface area contributed by atoms with Crippen LogP contribution in [0.5, 0.6) is 0 Å². The molecule has 0 aromatic carbocycles. The van der Waals surface area contributed by atoms with Crippen molar-refractivity contribution in [1.82, 2.24) is 4.90 Å². The summed E-state index contributed by atoms with van der Waals surface area (Å²) in [6.45, 7) is 0.782. The van der Waals surface area contributed by atoms with Gasteiger partial charge < -0.3 is 4.90 Å². The molecule has 0 saturated heterocycles. The second kappa shape index (κ2) is 5.37. The molecule has 1 aliphatic carbocycles. The minimum absolute atomic E-state index is 0.259. The van der Waals surface area contributed by atoms with Crippen molar-refractivity contribution in [1.29, 1.82) is 0 Å². The van der Waals surface area contributed by atoms with Gasteiger partial charge in [0.2, 0.25) is 0 Å². The molecule has 0 aliphatic heterocycles. The summed E-state index contributed by atoms with van der Waals surface area (Å²) in [6.07, 6.45) is -2.59. The van der Waals surface area contributed by atoms with Gasteiger partial charge in [0.15, 0.2) is 0 Å². The summed E-state index contributed by atoms with van der Waals surface area (Å²) in [4.78, 5) is 1.85. The van der Waals surface area contributed by atoms with Crippen molar-refractivity contribution in [3.05, 3.63) is 0 Å². The van der Waals surface area contributed by atoms with Crippen molar-refractivity contribution in [3.8, 4) is 0 Å². The molecule has 15 heavy (non-hydrogen) atoms. The molecule has 0 N–H and O–H groups in total. The molecule has 1 aliphatic rings. The van der Waals surface area contributed by atoms with E-state index in [1.807, 2.05) is 4.90 Å². The predicted molar refractivity (Wildman–Crippen MR) is 51.9 cm³/mol. The summed E-state index contributed by atoms with van der Waals surface area (Å²) in [5.74, 6) is 0.531. The number of hydrogen-bond donors (Lipinski definition) is 0. The van der Waals surface area contributed by atoms with Crippen LogP contribution in [0.3, 0.4) is 0 Å². The first-order valence-corrected chi connectivity index (χ1v) is 5.34. The molecular weight excluding hydrogens is 231 g/mol. The Morgan fingerprint density at radius 2 is 2.00 bits per heavy atom. The second-order valence-electron chi connectivity index (χ2n) is 3.99. The standard InChI is InChI=1S/C9H15ClF3NO/c1-14(2-3-15-9(11,12)13)6-7-4-8(10)5-7/h7-8H,2-6H2,1H3. The van der Waals surface area contributed by atoms with Gasteiger partial charge in [0.05, 0.1) is 6.61 Å². The van der Waals surface area contributed by atoms with Crippen LogP contribution in [0.25, 0.3) is 0 Å². The van der Waals surface area contributed by atoms with Gasteiger partial charge in [-0.2, -0.15) is 0 Å². The van der Waals surface area contributed by atoms with E-state index >= 15 is 0 Å². The van der Waals surface area contributed by atoms with Crippen LogP contribution in [0, 0.1) is 5.92 Å². The highest BCUT2D eigenvalue weighted by molar-refractivity contribution is 6.21. The molecule has 1 rings (SSSR count). The molecule has 0 aromatic heterocycles. The zero-order chi connectivity index (χ0) is 11.5. The van der Waals surface area contributed by atoms with Gasteiger partial charge in [-0.05, 0) is 25.8 Å². The number of halogens is 4. The lowest BCUT2D eigenvalue weighted by molar-refractivity contribution is -0.324. The molecule has 0 bridgehead atoms. The molecule has 6 heteroatoms. The number of rotatable bonds is 5. The van der Waals surface area contributed by atoms with E-state index in [1.54, 1.807) is 7.05 Å².